The number of benzene rings is 1. The largest absolute Gasteiger partial charge is 0.393 e. The van der Waals surface area contributed by atoms with Gasteiger partial charge in [0, 0.05) is 29.7 Å². The van der Waals surface area contributed by atoms with E-state index in [-0.39, 0.29) is 12.0 Å². The van der Waals surface area contributed by atoms with Crippen LogP contribution in [0.1, 0.15) is 23.4 Å². The number of likely N-dealkylation sites (N-methyl/N-ethyl adjacent to an activating group) is 1. The van der Waals surface area contributed by atoms with Crippen molar-refractivity contribution in [3.05, 3.63) is 34.2 Å². The standard InChI is InChI=1S/C20H25N3O2S/c1-13-21-18(12-26-13)15-3-4-19-16(9-15)5-6-23(19)20(25)11-22(2)10-14-7-17(24)8-14/h3-4,9,12,14,17,24H,5-8,10-11H2,1-2H3. The molecule has 1 aromatic heterocycles. The van der Waals surface area contributed by atoms with Crippen LogP contribution in [-0.2, 0) is 11.2 Å². The number of anilines is 1. The van der Waals surface area contributed by atoms with Gasteiger partial charge in [-0.3, -0.25) is 9.69 Å². The smallest absolute Gasteiger partial charge is 0.241 e. The van der Waals surface area contributed by atoms with E-state index in [2.05, 4.69) is 33.5 Å². The van der Waals surface area contributed by atoms with Gasteiger partial charge in [0.2, 0.25) is 5.91 Å². The molecule has 1 aliphatic carbocycles. The van der Waals surface area contributed by atoms with Crippen molar-refractivity contribution in [1.82, 2.24) is 9.88 Å². The van der Waals surface area contributed by atoms with Gasteiger partial charge in [-0.1, -0.05) is 6.07 Å². The number of amides is 1. The van der Waals surface area contributed by atoms with E-state index in [1.807, 2.05) is 18.9 Å². The van der Waals surface area contributed by atoms with Gasteiger partial charge in [-0.15, -0.1) is 11.3 Å². The number of thiazole rings is 1. The van der Waals surface area contributed by atoms with E-state index >= 15 is 0 Å². The maximum absolute atomic E-state index is 12.8. The maximum Gasteiger partial charge on any atom is 0.241 e. The fourth-order valence-electron chi connectivity index (χ4n) is 3.99. The van der Waals surface area contributed by atoms with Crippen LogP contribution in [-0.4, -0.2) is 53.7 Å². The highest BCUT2D eigenvalue weighted by molar-refractivity contribution is 7.09. The molecule has 4 rings (SSSR count). The van der Waals surface area contributed by atoms with Gasteiger partial charge >= 0.3 is 0 Å². The molecule has 5 nitrogen and oxygen atoms in total. The summed E-state index contributed by atoms with van der Waals surface area (Å²) in [6.07, 6.45) is 2.50. The van der Waals surface area contributed by atoms with Gasteiger partial charge in [0.15, 0.2) is 0 Å². The fraction of sp³-hybridized carbons (Fsp3) is 0.500. The minimum absolute atomic E-state index is 0.134. The Labute approximate surface area is 158 Å². The summed E-state index contributed by atoms with van der Waals surface area (Å²) in [5.74, 6) is 0.682. The summed E-state index contributed by atoms with van der Waals surface area (Å²) in [7, 11) is 1.99. The van der Waals surface area contributed by atoms with Crippen molar-refractivity contribution in [3.8, 4) is 11.3 Å². The Morgan fingerprint density at radius 1 is 1.42 bits per heavy atom. The zero-order chi connectivity index (χ0) is 18.3. The SMILES string of the molecule is Cc1nc(-c2ccc3c(c2)CCN3C(=O)CN(C)CC2CC(O)C2)cs1. The lowest BCUT2D eigenvalue weighted by Gasteiger charge is -2.34. The third-order valence-electron chi connectivity index (χ3n) is 5.38. The Morgan fingerprint density at radius 3 is 2.92 bits per heavy atom. The number of carbonyl (C=O) groups excluding carboxylic acids is 1. The fourth-order valence-corrected chi connectivity index (χ4v) is 4.61. The number of hydrogen-bond donors (Lipinski definition) is 1. The van der Waals surface area contributed by atoms with Crippen LogP contribution in [0.5, 0.6) is 0 Å². The molecule has 138 valence electrons. The first-order valence-corrected chi connectivity index (χ1v) is 10.1. The van der Waals surface area contributed by atoms with Gasteiger partial charge in [-0.05, 0) is 56.8 Å². The Kier molecular flexibility index (Phi) is 4.82. The van der Waals surface area contributed by atoms with Crippen molar-refractivity contribution in [3.63, 3.8) is 0 Å². The minimum atomic E-state index is -0.134. The molecule has 1 N–H and O–H groups in total. The summed E-state index contributed by atoms with van der Waals surface area (Å²) in [6.45, 7) is 4.08. The maximum atomic E-state index is 12.8. The van der Waals surface area contributed by atoms with E-state index in [1.165, 1.54) is 5.56 Å². The van der Waals surface area contributed by atoms with Crippen molar-refractivity contribution < 1.29 is 9.90 Å². The Morgan fingerprint density at radius 2 is 2.23 bits per heavy atom. The van der Waals surface area contributed by atoms with E-state index in [0.29, 0.717) is 12.5 Å². The number of carbonyl (C=O) groups is 1. The first-order chi connectivity index (χ1) is 12.5. The summed E-state index contributed by atoms with van der Waals surface area (Å²) in [5.41, 5.74) is 4.41. The second-order valence-electron chi connectivity index (χ2n) is 7.58. The lowest BCUT2D eigenvalue weighted by Crippen LogP contribution is -2.42. The number of rotatable bonds is 5. The second-order valence-corrected chi connectivity index (χ2v) is 8.64. The van der Waals surface area contributed by atoms with E-state index in [4.69, 9.17) is 0 Å². The van der Waals surface area contributed by atoms with Gasteiger partial charge in [0.1, 0.15) is 0 Å². The first kappa shape index (κ1) is 17.6. The number of aliphatic hydroxyl groups excluding tert-OH is 1. The first-order valence-electron chi connectivity index (χ1n) is 9.22. The summed E-state index contributed by atoms with van der Waals surface area (Å²) in [4.78, 5) is 21.3. The topological polar surface area (TPSA) is 56.7 Å². The molecule has 1 aromatic carbocycles. The van der Waals surface area contributed by atoms with Crippen molar-refractivity contribution in [2.75, 3.05) is 31.6 Å². The number of fused-ring (bicyclic) bond motifs is 1. The molecule has 0 atom stereocenters. The molecule has 6 heteroatoms. The Bertz CT molecular complexity index is 813. The molecular weight excluding hydrogens is 346 g/mol. The molecular formula is C20H25N3O2S. The Balaban J connectivity index is 1.41. The second kappa shape index (κ2) is 7.10. The zero-order valence-corrected chi connectivity index (χ0v) is 16.1. The summed E-state index contributed by atoms with van der Waals surface area (Å²) < 4.78 is 0. The van der Waals surface area contributed by atoms with Gasteiger partial charge in [0.25, 0.3) is 0 Å². The minimum Gasteiger partial charge on any atom is -0.393 e. The average Bonchev–Trinajstić information content (AvgIpc) is 3.18. The van der Waals surface area contributed by atoms with Crippen LogP contribution in [0.4, 0.5) is 5.69 Å². The Hall–Kier alpha value is -1.76. The third-order valence-corrected chi connectivity index (χ3v) is 6.15. The molecule has 1 fully saturated rings. The summed E-state index contributed by atoms with van der Waals surface area (Å²) in [5, 5.41) is 12.6. The molecule has 0 unspecified atom stereocenters. The predicted molar refractivity (Wildman–Crippen MR) is 105 cm³/mol. The van der Waals surface area contributed by atoms with E-state index in [9.17, 15) is 9.90 Å². The normalized spacial score (nSPS) is 21.8. The lowest BCUT2D eigenvalue weighted by molar-refractivity contribution is -0.119. The third kappa shape index (κ3) is 3.54. The van der Waals surface area contributed by atoms with Gasteiger partial charge in [-0.25, -0.2) is 4.98 Å². The number of aliphatic hydroxyl groups is 1. The van der Waals surface area contributed by atoms with Crippen LogP contribution in [0.2, 0.25) is 0 Å². The van der Waals surface area contributed by atoms with Gasteiger partial charge in [0.05, 0.1) is 23.4 Å². The van der Waals surface area contributed by atoms with Gasteiger partial charge < -0.3 is 10.0 Å². The van der Waals surface area contributed by atoms with Gasteiger partial charge in [-0.2, -0.15) is 0 Å². The molecule has 1 aliphatic heterocycles. The summed E-state index contributed by atoms with van der Waals surface area (Å²) in [6, 6.07) is 6.31. The molecule has 1 amide bonds. The average molecular weight is 372 g/mol. The number of aryl methyl sites for hydroxylation is 1. The van der Waals surface area contributed by atoms with E-state index in [0.717, 1.165) is 54.3 Å². The van der Waals surface area contributed by atoms with Crippen LogP contribution in [0.15, 0.2) is 23.6 Å². The van der Waals surface area contributed by atoms with Crippen LogP contribution in [0.3, 0.4) is 0 Å². The zero-order valence-electron chi connectivity index (χ0n) is 15.3. The number of nitrogens with zero attached hydrogens (tertiary/aromatic N) is 3. The highest BCUT2D eigenvalue weighted by atomic mass is 32.1. The monoisotopic (exact) mass is 371 g/mol. The summed E-state index contributed by atoms with van der Waals surface area (Å²) >= 11 is 1.66. The molecule has 0 radical (unpaired) electrons. The number of hydrogen-bond acceptors (Lipinski definition) is 5. The molecule has 0 spiro atoms. The van der Waals surface area contributed by atoms with Crippen molar-refractivity contribution in [2.45, 2.75) is 32.3 Å². The lowest BCUT2D eigenvalue weighted by atomic mass is 9.82. The van der Waals surface area contributed by atoms with Crippen molar-refractivity contribution >= 4 is 22.9 Å². The van der Waals surface area contributed by atoms with E-state index < -0.39 is 0 Å². The highest BCUT2D eigenvalue weighted by Gasteiger charge is 2.30. The van der Waals surface area contributed by atoms with E-state index in [1.54, 1.807) is 11.3 Å². The predicted octanol–water partition coefficient (Wildman–Crippen LogP) is 2.71. The molecule has 0 bridgehead atoms. The molecule has 26 heavy (non-hydrogen) atoms. The molecule has 2 aliphatic rings. The number of aromatic nitrogens is 1. The molecule has 2 aromatic rings. The van der Waals surface area contributed by atoms with Crippen molar-refractivity contribution in [2.24, 2.45) is 5.92 Å². The van der Waals surface area contributed by atoms with Crippen molar-refractivity contribution in [1.29, 1.82) is 0 Å². The van der Waals surface area contributed by atoms with Crippen LogP contribution < -0.4 is 4.90 Å². The van der Waals surface area contributed by atoms with Crippen LogP contribution in [0, 0.1) is 12.8 Å². The molecule has 1 saturated carbocycles. The highest BCUT2D eigenvalue weighted by Crippen LogP contribution is 2.33. The molecule has 2 heterocycles. The molecule has 0 saturated heterocycles. The quantitative estimate of drug-likeness (QED) is 0.878. The van der Waals surface area contributed by atoms with Crippen LogP contribution >= 0.6 is 11.3 Å². The van der Waals surface area contributed by atoms with Crippen LogP contribution in [0.25, 0.3) is 11.3 Å².